The van der Waals surface area contributed by atoms with Gasteiger partial charge in [-0.3, -0.25) is 14.4 Å². The molecule has 0 aromatic heterocycles. The number of carbonyl (C=O) groups excluding carboxylic acids is 3. The summed E-state index contributed by atoms with van der Waals surface area (Å²) >= 11 is 0. The van der Waals surface area contributed by atoms with Crippen molar-refractivity contribution in [2.45, 2.75) is 87.3 Å². The van der Waals surface area contributed by atoms with Gasteiger partial charge in [-0.2, -0.15) is 79.0 Å². The summed E-state index contributed by atoms with van der Waals surface area (Å²) in [6.07, 6.45) is -39.9. The molecule has 68 heavy (non-hydrogen) atoms. The summed E-state index contributed by atoms with van der Waals surface area (Å²) in [5.41, 5.74) is -35.5. The fourth-order valence-electron chi connectivity index (χ4n) is 8.37. The minimum Gasteiger partial charge on any atom is -0.369 e. The summed E-state index contributed by atoms with van der Waals surface area (Å²) in [6.45, 7) is 7.17. The number of rotatable bonds is 7. The normalized spacial score (nSPS) is 15.7. The molecular formula is C43H28F18N2O5. The van der Waals surface area contributed by atoms with Crippen LogP contribution in [0.25, 0.3) is 16.8 Å². The van der Waals surface area contributed by atoms with Crippen molar-refractivity contribution in [3.63, 3.8) is 0 Å². The highest BCUT2D eigenvalue weighted by Gasteiger charge is 2.75. The highest BCUT2D eigenvalue weighted by Crippen LogP contribution is 2.59. The number of benzene rings is 4. The van der Waals surface area contributed by atoms with Crippen molar-refractivity contribution in [2.75, 3.05) is 4.90 Å². The van der Waals surface area contributed by atoms with E-state index in [1.807, 2.05) is 0 Å². The number of halogens is 18. The Kier molecular flexibility index (Phi) is 11.7. The first-order valence-electron chi connectivity index (χ1n) is 19.0. The smallest absolute Gasteiger partial charge is 0.369 e. The van der Waals surface area contributed by atoms with Crippen molar-refractivity contribution in [1.29, 1.82) is 0 Å². The van der Waals surface area contributed by atoms with Crippen LogP contribution in [0.15, 0.2) is 67.2 Å². The number of fused-ring (bicyclic) bond motifs is 2. The molecule has 0 spiro atoms. The summed E-state index contributed by atoms with van der Waals surface area (Å²) in [5.74, 6) is -6.44. The molecule has 3 amide bonds. The minimum atomic E-state index is -6.95. The Morgan fingerprint density at radius 3 is 1.34 bits per heavy atom. The maximum absolute atomic E-state index is 15.2. The number of aryl methyl sites for hydroxylation is 2. The molecule has 366 valence electrons. The molecule has 0 atom stereocenters. The zero-order valence-electron chi connectivity index (χ0n) is 34.4. The maximum atomic E-state index is 15.2. The predicted octanol–water partition coefficient (Wildman–Crippen LogP) is 11.6. The number of anilines is 1. The molecule has 4 aromatic rings. The van der Waals surface area contributed by atoms with E-state index in [-0.39, 0.29) is 42.5 Å². The molecule has 4 aromatic carbocycles. The van der Waals surface area contributed by atoms with Gasteiger partial charge in [-0.05, 0) is 101 Å². The van der Waals surface area contributed by atoms with Gasteiger partial charge in [0.05, 0.1) is 16.8 Å². The first kappa shape index (κ1) is 51.3. The molecule has 3 N–H and O–H groups in total. The molecule has 0 aliphatic carbocycles. The zero-order chi connectivity index (χ0) is 51.8. The molecule has 0 bridgehead atoms. The average molecular weight is 995 g/mol. The van der Waals surface area contributed by atoms with E-state index < -0.39 is 166 Å². The van der Waals surface area contributed by atoms with Gasteiger partial charge in [-0.25, -0.2) is 4.90 Å². The first-order valence-corrected chi connectivity index (χ1v) is 19.0. The van der Waals surface area contributed by atoms with Gasteiger partial charge in [-0.1, -0.05) is 38.6 Å². The van der Waals surface area contributed by atoms with Crippen LogP contribution in [0.5, 0.6) is 0 Å². The van der Waals surface area contributed by atoms with Crippen molar-refractivity contribution in [3.8, 4) is 11.1 Å². The second-order valence-corrected chi connectivity index (χ2v) is 16.1. The fraction of sp³-hybridized carbons (Fsp3) is 0.326. The highest BCUT2D eigenvalue weighted by molar-refractivity contribution is 6.35. The van der Waals surface area contributed by atoms with Gasteiger partial charge in [0.2, 0.25) is 5.41 Å². The topological polar surface area (TPSA) is 107 Å². The number of nitrogens with zero attached hydrogens (tertiary/aromatic N) is 1. The molecule has 25 heteroatoms. The number of alkyl halides is 18. The van der Waals surface area contributed by atoms with Crippen molar-refractivity contribution < 1.29 is 104 Å². The zero-order valence-corrected chi connectivity index (χ0v) is 34.4. The van der Waals surface area contributed by atoms with Gasteiger partial charge >= 0.3 is 37.1 Å². The van der Waals surface area contributed by atoms with E-state index in [1.165, 1.54) is 0 Å². The van der Waals surface area contributed by atoms with Crippen LogP contribution >= 0.6 is 0 Å². The summed E-state index contributed by atoms with van der Waals surface area (Å²) in [7, 11) is 0. The third kappa shape index (κ3) is 7.20. The third-order valence-electron chi connectivity index (χ3n) is 11.8. The second kappa shape index (κ2) is 15.5. The Balaban J connectivity index is 1.66. The molecular weight excluding hydrogens is 966 g/mol. The summed E-state index contributed by atoms with van der Waals surface area (Å²) in [6, 6.07) is 1.55. The monoisotopic (exact) mass is 994 g/mol. The number of carbonyl (C=O) groups is 3. The van der Waals surface area contributed by atoms with Gasteiger partial charge < -0.3 is 15.5 Å². The lowest BCUT2D eigenvalue weighted by Crippen LogP contribution is -2.55. The molecule has 0 fully saturated rings. The lowest BCUT2D eigenvalue weighted by molar-refractivity contribution is -0.376. The van der Waals surface area contributed by atoms with E-state index >= 15 is 26.3 Å². The first-order chi connectivity index (χ1) is 30.6. The van der Waals surface area contributed by atoms with Crippen molar-refractivity contribution in [1.82, 2.24) is 5.32 Å². The molecule has 0 unspecified atom stereocenters. The highest BCUT2D eigenvalue weighted by atomic mass is 19.4. The van der Waals surface area contributed by atoms with Crippen molar-refractivity contribution in [2.24, 2.45) is 0 Å². The molecule has 2 aliphatic rings. The predicted molar refractivity (Wildman–Crippen MR) is 201 cm³/mol. The number of imide groups is 1. The Hall–Kier alpha value is -6.11. The van der Waals surface area contributed by atoms with E-state index in [4.69, 9.17) is 0 Å². The molecule has 2 aliphatic heterocycles. The van der Waals surface area contributed by atoms with Crippen LogP contribution in [0.2, 0.25) is 0 Å². The Bertz CT molecular complexity index is 2770. The largest absolute Gasteiger partial charge is 0.430 e. The third-order valence-corrected chi connectivity index (χ3v) is 11.8. The van der Waals surface area contributed by atoms with E-state index in [0.29, 0.717) is 18.2 Å². The van der Waals surface area contributed by atoms with Crippen LogP contribution in [0.3, 0.4) is 0 Å². The van der Waals surface area contributed by atoms with Crippen LogP contribution in [0, 0.1) is 13.8 Å². The Morgan fingerprint density at radius 2 is 0.897 bits per heavy atom. The second-order valence-electron chi connectivity index (χ2n) is 16.1. The quantitative estimate of drug-likeness (QED) is 0.126. The Morgan fingerprint density at radius 1 is 0.500 bits per heavy atom. The number of amides is 3. The van der Waals surface area contributed by atoms with Gasteiger partial charge in [-0.15, -0.1) is 0 Å². The average Bonchev–Trinajstić information content (AvgIpc) is 3.59. The number of nitrogens with one attached hydrogen (secondary N) is 1. The van der Waals surface area contributed by atoms with Gasteiger partial charge in [0, 0.05) is 28.0 Å². The Labute approximate surface area is 369 Å². The van der Waals surface area contributed by atoms with Gasteiger partial charge in [0.1, 0.15) is 0 Å². The number of aliphatic hydroxyl groups is 2. The van der Waals surface area contributed by atoms with Crippen LogP contribution in [-0.4, -0.2) is 65.0 Å². The van der Waals surface area contributed by atoms with E-state index in [1.54, 1.807) is 0 Å². The summed E-state index contributed by atoms with van der Waals surface area (Å²) < 4.78 is 265. The van der Waals surface area contributed by atoms with Gasteiger partial charge in [0.25, 0.3) is 28.9 Å². The van der Waals surface area contributed by atoms with Crippen LogP contribution in [0.1, 0.15) is 95.3 Å². The molecule has 0 saturated heterocycles. The molecule has 0 saturated carbocycles. The standard InChI is InChI=1S/C43H28F18N2O5/c1-16(2)24-10-17(3)25(14-29(24)36(67,40(50,51)52)41(53,54)55)26-15-30(37(68,42(56,57)58)43(59,60)61)31(11-18(26)4)63-33(65)23-9-7-21(13-28(23)34(63)66)35(38(44,45)46,39(47,48)49)20-6-8-22-27(12-20)19(5)62-32(22)64/h6-16,67-68H,5H2,1-4H3,(H,62,64). The van der Waals surface area contributed by atoms with Crippen LogP contribution in [-0.2, 0) is 16.6 Å². The molecule has 7 nitrogen and oxygen atoms in total. The maximum Gasteiger partial charge on any atom is 0.430 e. The van der Waals surface area contributed by atoms with Crippen LogP contribution in [0.4, 0.5) is 84.7 Å². The van der Waals surface area contributed by atoms with E-state index in [2.05, 4.69) is 11.9 Å². The van der Waals surface area contributed by atoms with Gasteiger partial charge in [0.15, 0.2) is 0 Å². The minimum absolute atomic E-state index is 0.0278. The van der Waals surface area contributed by atoms with Crippen LogP contribution < -0.4 is 10.2 Å². The van der Waals surface area contributed by atoms with E-state index in [9.17, 15) is 77.3 Å². The van der Waals surface area contributed by atoms with Crippen molar-refractivity contribution in [3.05, 3.63) is 128 Å². The lowest BCUT2D eigenvalue weighted by atomic mass is 9.71. The SMILES string of the molecule is C=C1NC(=O)c2ccc(C(c3ccc4c(c3)C(=O)N(c3cc(C)c(-c5cc(C(O)(C(F)(F)F)C(F)(F)F)c(C(C)C)cc5C)cc3C(O)(C(F)(F)F)C(F)(F)F)C4=O)(C(F)(F)F)C(F)(F)F)cc21. The molecule has 6 rings (SSSR count). The number of hydrogen-bond donors (Lipinski definition) is 3. The van der Waals surface area contributed by atoms with E-state index in [0.717, 1.165) is 27.7 Å². The summed E-state index contributed by atoms with van der Waals surface area (Å²) in [5, 5.41) is 23.3. The van der Waals surface area contributed by atoms with Crippen molar-refractivity contribution >= 4 is 29.1 Å². The molecule has 2 heterocycles. The number of hydrogen-bond acceptors (Lipinski definition) is 5. The summed E-state index contributed by atoms with van der Waals surface area (Å²) in [4.78, 5) is 39.6. The molecule has 0 radical (unpaired) electrons. The lowest BCUT2D eigenvalue weighted by Gasteiger charge is -2.38. The fourth-order valence-corrected chi connectivity index (χ4v) is 8.37.